The van der Waals surface area contributed by atoms with E-state index in [2.05, 4.69) is 9.71 Å². The summed E-state index contributed by atoms with van der Waals surface area (Å²) >= 11 is 0. The quantitative estimate of drug-likeness (QED) is 0.675. The highest BCUT2D eigenvalue weighted by atomic mass is 32.2. The van der Waals surface area contributed by atoms with Gasteiger partial charge in [0, 0.05) is 5.69 Å². The van der Waals surface area contributed by atoms with Crippen LogP contribution in [0.1, 0.15) is 19.4 Å². The molecule has 0 spiro atoms. The third-order valence-corrected chi connectivity index (χ3v) is 4.58. The molecule has 0 atom stereocenters. The molecule has 0 saturated heterocycles. The van der Waals surface area contributed by atoms with Gasteiger partial charge in [-0.2, -0.15) is 0 Å². The van der Waals surface area contributed by atoms with Crippen molar-refractivity contribution in [3.8, 4) is 0 Å². The molecule has 1 N–H and O–H groups in total. The van der Waals surface area contributed by atoms with Crippen LogP contribution in [0.3, 0.4) is 0 Å². The first-order valence-corrected chi connectivity index (χ1v) is 8.71. The van der Waals surface area contributed by atoms with Gasteiger partial charge in [-0.05, 0) is 55.1 Å². The summed E-state index contributed by atoms with van der Waals surface area (Å²) in [5.41, 5.74) is 1.91. The Balaban J connectivity index is 2.17. The SMILES string of the molecule is Cc1ccc(S(=O)(=O)Nc2ccc(N=C([O-])C(C)C)cc2)cc1. The molecule has 2 rings (SSSR count). The Morgan fingerprint density at radius 3 is 2.13 bits per heavy atom. The second kappa shape index (κ2) is 6.83. The van der Waals surface area contributed by atoms with E-state index in [4.69, 9.17) is 0 Å². The predicted molar refractivity (Wildman–Crippen MR) is 90.4 cm³/mol. The van der Waals surface area contributed by atoms with Crippen LogP contribution in [0, 0.1) is 12.8 Å². The molecular formula is C17H19N2O3S-. The maximum absolute atomic E-state index is 12.3. The third kappa shape index (κ3) is 4.56. The number of aliphatic imine (C=N–C) groups is 1. The van der Waals surface area contributed by atoms with Crippen molar-refractivity contribution in [3.05, 3.63) is 54.1 Å². The average molecular weight is 331 g/mol. The number of hydrogen-bond acceptors (Lipinski definition) is 4. The fourth-order valence-corrected chi connectivity index (χ4v) is 2.85. The van der Waals surface area contributed by atoms with Gasteiger partial charge in [0.1, 0.15) is 0 Å². The standard InChI is InChI=1S/C17H20N2O3S/c1-12(2)17(20)18-14-6-8-15(9-7-14)19-23(21,22)16-10-4-13(3)5-11-16/h4-12,19H,1-3H3,(H,18,20)/p-1. The van der Waals surface area contributed by atoms with Crippen LogP contribution in [0.15, 0.2) is 58.4 Å². The number of hydrogen-bond donors (Lipinski definition) is 1. The zero-order chi connectivity index (χ0) is 17.0. The van der Waals surface area contributed by atoms with E-state index in [-0.39, 0.29) is 16.7 Å². The van der Waals surface area contributed by atoms with Crippen molar-refractivity contribution in [2.75, 3.05) is 4.72 Å². The topological polar surface area (TPSA) is 81.6 Å². The van der Waals surface area contributed by atoms with Gasteiger partial charge in [-0.15, -0.1) is 0 Å². The zero-order valence-corrected chi connectivity index (χ0v) is 14.1. The van der Waals surface area contributed by atoms with E-state index in [1.54, 1.807) is 62.4 Å². The Morgan fingerprint density at radius 2 is 1.61 bits per heavy atom. The average Bonchev–Trinajstić information content (AvgIpc) is 2.49. The van der Waals surface area contributed by atoms with Gasteiger partial charge in [-0.1, -0.05) is 31.5 Å². The van der Waals surface area contributed by atoms with Gasteiger partial charge in [0.2, 0.25) is 0 Å². The molecule has 0 aromatic heterocycles. The van der Waals surface area contributed by atoms with E-state index in [0.717, 1.165) is 5.56 Å². The minimum atomic E-state index is -3.63. The fraction of sp³-hybridized carbons (Fsp3) is 0.235. The number of benzene rings is 2. The van der Waals surface area contributed by atoms with Crippen molar-refractivity contribution >= 4 is 27.3 Å². The summed E-state index contributed by atoms with van der Waals surface area (Å²) in [5.74, 6) is -0.382. The molecular weight excluding hydrogens is 312 g/mol. The van der Waals surface area contributed by atoms with Gasteiger partial charge in [0.05, 0.1) is 10.6 Å². The maximum atomic E-state index is 12.3. The summed E-state index contributed by atoms with van der Waals surface area (Å²) in [5, 5.41) is 11.6. The molecule has 0 saturated carbocycles. The number of sulfonamides is 1. The van der Waals surface area contributed by atoms with E-state index in [0.29, 0.717) is 11.4 Å². The van der Waals surface area contributed by atoms with Crippen LogP contribution in [0.4, 0.5) is 11.4 Å². The summed E-state index contributed by atoms with van der Waals surface area (Å²) in [6.45, 7) is 5.44. The van der Waals surface area contributed by atoms with E-state index in [1.165, 1.54) is 0 Å². The maximum Gasteiger partial charge on any atom is 0.261 e. The number of nitrogens with zero attached hydrogens (tertiary/aromatic N) is 1. The van der Waals surface area contributed by atoms with Gasteiger partial charge in [-0.3, -0.25) is 9.71 Å². The first-order valence-electron chi connectivity index (χ1n) is 7.23. The van der Waals surface area contributed by atoms with Crippen molar-refractivity contribution in [3.63, 3.8) is 0 Å². The number of rotatable bonds is 5. The summed E-state index contributed by atoms with van der Waals surface area (Å²) in [6.07, 6.45) is 0. The third-order valence-electron chi connectivity index (χ3n) is 3.18. The lowest BCUT2D eigenvalue weighted by Crippen LogP contribution is -2.23. The molecule has 0 heterocycles. The molecule has 0 radical (unpaired) electrons. The number of anilines is 1. The van der Waals surface area contributed by atoms with Crippen molar-refractivity contribution in [2.45, 2.75) is 25.7 Å². The number of nitrogens with one attached hydrogen (secondary N) is 1. The summed E-state index contributed by atoms with van der Waals surface area (Å²) in [7, 11) is -3.63. The highest BCUT2D eigenvalue weighted by molar-refractivity contribution is 7.92. The Bertz CT molecular complexity index is 793. The van der Waals surface area contributed by atoms with Crippen LogP contribution in [0.2, 0.25) is 0 Å². The smallest absolute Gasteiger partial charge is 0.261 e. The van der Waals surface area contributed by atoms with Crippen LogP contribution < -0.4 is 9.83 Å². The fourth-order valence-electron chi connectivity index (χ4n) is 1.79. The monoisotopic (exact) mass is 331 g/mol. The van der Waals surface area contributed by atoms with Gasteiger partial charge < -0.3 is 5.11 Å². The van der Waals surface area contributed by atoms with Gasteiger partial charge >= 0.3 is 0 Å². The second-order valence-corrected chi connectivity index (χ2v) is 7.25. The van der Waals surface area contributed by atoms with E-state index < -0.39 is 10.0 Å². The molecule has 0 fully saturated rings. The minimum absolute atomic E-state index is 0.172. The summed E-state index contributed by atoms with van der Waals surface area (Å²) < 4.78 is 27.1. The Hall–Kier alpha value is -2.34. The Kier molecular flexibility index (Phi) is 5.05. The van der Waals surface area contributed by atoms with Crippen molar-refractivity contribution in [1.82, 2.24) is 0 Å². The molecule has 0 aliphatic rings. The Labute approximate surface area is 136 Å². The summed E-state index contributed by atoms with van der Waals surface area (Å²) in [6, 6.07) is 13.0. The van der Waals surface area contributed by atoms with Crippen LogP contribution in [-0.4, -0.2) is 14.3 Å². The molecule has 122 valence electrons. The molecule has 6 heteroatoms. The van der Waals surface area contributed by atoms with Gasteiger partial charge in [-0.25, -0.2) is 8.42 Å². The van der Waals surface area contributed by atoms with Crippen molar-refractivity contribution < 1.29 is 13.5 Å². The molecule has 5 nitrogen and oxygen atoms in total. The highest BCUT2D eigenvalue weighted by Gasteiger charge is 2.13. The first-order chi connectivity index (χ1) is 10.8. The summed E-state index contributed by atoms with van der Waals surface area (Å²) in [4.78, 5) is 4.15. The van der Waals surface area contributed by atoms with Gasteiger partial charge in [0.25, 0.3) is 10.0 Å². The molecule has 0 unspecified atom stereocenters. The van der Waals surface area contributed by atoms with Gasteiger partial charge in [0.15, 0.2) is 0 Å². The molecule has 23 heavy (non-hydrogen) atoms. The minimum Gasteiger partial charge on any atom is -0.861 e. The molecule has 0 bridgehead atoms. The zero-order valence-electron chi connectivity index (χ0n) is 13.3. The molecule has 2 aromatic rings. The van der Waals surface area contributed by atoms with E-state index in [1.807, 2.05) is 6.92 Å². The van der Waals surface area contributed by atoms with Crippen LogP contribution in [0.5, 0.6) is 0 Å². The first kappa shape index (κ1) is 17.0. The van der Waals surface area contributed by atoms with Crippen LogP contribution >= 0.6 is 0 Å². The highest BCUT2D eigenvalue weighted by Crippen LogP contribution is 2.20. The normalized spacial score (nSPS) is 12.4. The largest absolute Gasteiger partial charge is 0.861 e. The second-order valence-electron chi connectivity index (χ2n) is 5.57. The van der Waals surface area contributed by atoms with E-state index in [9.17, 15) is 13.5 Å². The lowest BCUT2D eigenvalue weighted by Gasteiger charge is -2.14. The Morgan fingerprint density at radius 1 is 1.04 bits per heavy atom. The van der Waals surface area contributed by atoms with E-state index >= 15 is 0 Å². The predicted octanol–water partition coefficient (Wildman–Crippen LogP) is 2.84. The molecule has 0 aliphatic carbocycles. The molecule has 0 amide bonds. The van der Waals surface area contributed by atoms with Crippen LogP contribution in [-0.2, 0) is 10.0 Å². The lowest BCUT2D eigenvalue weighted by atomic mass is 10.2. The van der Waals surface area contributed by atoms with Crippen molar-refractivity contribution in [1.29, 1.82) is 0 Å². The van der Waals surface area contributed by atoms with Crippen molar-refractivity contribution in [2.24, 2.45) is 10.9 Å². The lowest BCUT2D eigenvalue weighted by molar-refractivity contribution is -0.222. The molecule has 2 aromatic carbocycles. The number of aryl methyl sites for hydroxylation is 1. The van der Waals surface area contributed by atoms with Crippen LogP contribution in [0.25, 0.3) is 0 Å². The molecule has 0 aliphatic heterocycles.